The van der Waals surface area contributed by atoms with Crippen LogP contribution in [0.4, 0.5) is 5.69 Å². The molecule has 6 heteroatoms. The number of carbonyl (C=O) groups excluding carboxylic acids is 1. The summed E-state index contributed by atoms with van der Waals surface area (Å²) >= 11 is 0. The van der Waals surface area contributed by atoms with Crippen LogP contribution in [0.2, 0.25) is 0 Å². The molecule has 2 heterocycles. The summed E-state index contributed by atoms with van der Waals surface area (Å²) in [5.41, 5.74) is -0.663. The van der Waals surface area contributed by atoms with Gasteiger partial charge in [-0.1, -0.05) is 23.4 Å². The number of furan rings is 1. The molecule has 3 rings (SSSR count). The lowest BCUT2D eigenvalue weighted by atomic mass is 9.89. The Hall–Kier alpha value is -2.60. The molecular weight excluding hydrogens is 260 g/mol. The smallest absolute Gasteiger partial charge is 0.261 e. The van der Waals surface area contributed by atoms with Crippen LogP contribution < -0.4 is 5.32 Å². The fourth-order valence-electron chi connectivity index (χ4n) is 2.33. The Morgan fingerprint density at radius 3 is 2.80 bits per heavy atom. The maximum Gasteiger partial charge on any atom is 0.261 e. The number of hydrogen-bond donors (Lipinski definition) is 3. The molecule has 0 unspecified atom stereocenters. The van der Waals surface area contributed by atoms with Gasteiger partial charge in [-0.05, 0) is 18.2 Å². The number of rotatable bonds is 3. The van der Waals surface area contributed by atoms with Gasteiger partial charge in [0.25, 0.3) is 5.91 Å². The molecule has 6 nitrogen and oxygen atoms in total. The fraction of sp³-hybridized carbons (Fsp3) is 0.143. The molecule has 0 bridgehead atoms. The lowest BCUT2D eigenvalue weighted by molar-refractivity contribution is -0.132. The number of para-hydroxylation sites is 1. The molecule has 0 radical (unpaired) electrons. The molecule has 0 aliphatic carbocycles. The predicted molar refractivity (Wildman–Crippen MR) is 70.6 cm³/mol. The number of benzene rings is 1. The van der Waals surface area contributed by atoms with Gasteiger partial charge >= 0.3 is 0 Å². The first kappa shape index (κ1) is 12.4. The summed E-state index contributed by atoms with van der Waals surface area (Å²) in [6.07, 6.45) is 1.24. The third-order valence-corrected chi connectivity index (χ3v) is 3.35. The Balaban J connectivity index is 1.99. The highest BCUT2D eigenvalue weighted by Crippen LogP contribution is 2.38. The molecule has 1 amide bonds. The molecule has 3 N–H and O–H groups in total. The van der Waals surface area contributed by atoms with E-state index in [9.17, 15) is 9.90 Å². The third-order valence-electron chi connectivity index (χ3n) is 3.35. The molecule has 1 aliphatic rings. The van der Waals surface area contributed by atoms with Crippen molar-refractivity contribution in [2.45, 2.75) is 12.0 Å². The van der Waals surface area contributed by atoms with E-state index in [0.29, 0.717) is 17.0 Å². The average molecular weight is 272 g/mol. The molecule has 1 aromatic heterocycles. The van der Waals surface area contributed by atoms with E-state index in [2.05, 4.69) is 10.5 Å². The van der Waals surface area contributed by atoms with Crippen LogP contribution in [-0.2, 0) is 10.4 Å². The highest BCUT2D eigenvalue weighted by molar-refractivity contribution is 6.09. The minimum absolute atomic E-state index is 0.101. The lowest BCUT2D eigenvalue weighted by Crippen LogP contribution is -2.36. The van der Waals surface area contributed by atoms with Crippen molar-refractivity contribution in [2.75, 3.05) is 5.32 Å². The summed E-state index contributed by atoms with van der Waals surface area (Å²) in [4.78, 5) is 12.0. The largest absolute Gasteiger partial charge is 0.463 e. The monoisotopic (exact) mass is 272 g/mol. The van der Waals surface area contributed by atoms with Gasteiger partial charge in [-0.2, -0.15) is 0 Å². The van der Waals surface area contributed by atoms with Crippen LogP contribution in [0.15, 0.2) is 52.2 Å². The van der Waals surface area contributed by atoms with E-state index in [4.69, 9.17) is 9.62 Å². The second-order valence-corrected chi connectivity index (χ2v) is 4.56. The predicted octanol–water partition coefficient (Wildman–Crippen LogP) is 1.69. The molecule has 1 aromatic carbocycles. The zero-order valence-electron chi connectivity index (χ0n) is 10.4. The Morgan fingerprint density at radius 1 is 1.30 bits per heavy atom. The Bertz CT molecular complexity index is 678. The van der Waals surface area contributed by atoms with Gasteiger partial charge in [-0.25, -0.2) is 0 Å². The molecule has 20 heavy (non-hydrogen) atoms. The maximum atomic E-state index is 12.0. The number of nitrogens with one attached hydrogen (secondary N) is 1. The Morgan fingerprint density at radius 2 is 2.10 bits per heavy atom. The standard InChI is InChI=1S/C14H12N2O4/c17-13-14(18,9-4-1-2-5-10(9)15-13)8-11(16-19)12-6-3-7-20-12/h1-7,18-19H,8H2,(H,15,17)/b16-11+/t14-/m0/s1. The van der Waals surface area contributed by atoms with Crippen LogP contribution in [0.25, 0.3) is 0 Å². The van der Waals surface area contributed by atoms with Crippen LogP contribution in [0.1, 0.15) is 17.7 Å². The van der Waals surface area contributed by atoms with E-state index in [1.165, 1.54) is 6.26 Å². The first-order valence-electron chi connectivity index (χ1n) is 6.03. The minimum Gasteiger partial charge on any atom is -0.463 e. The second kappa shape index (κ2) is 4.50. The van der Waals surface area contributed by atoms with Crippen LogP contribution in [-0.4, -0.2) is 21.9 Å². The van der Waals surface area contributed by atoms with Gasteiger partial charge in [0, 0.05) is 17.7 Å². The van der Waals surface area contributed by atoms with E-state index in [1.807, 2.05) is 0 Å². The molecule has 1 aliphatic heterocycles. The molecule has 102 valence electrons. The summed E-state index contributed by atoms with van der Waals surface area (Å²) in [5, 5.41) is 25.5. The van der Waals surface area contributed by atoms with Crippen molar-refractivity contribution >= 4 is 17.3 Å². The molecule has 0 saturated heterocycles. The van der Waals surface area contributed by atoms with E-state index < -0.39 is 11.5 Å². The second-order valence-electron chi connectivity index (χ2n) is 4.56. The number of carbonyl (C=O) groups is 1. The van der Waals surface area contributed by atoms with Gasteiger partial charge in [0.1, 0.15) is 5.71 Å². The highest BCUT2D eigenvalue weighted by atomic mass is 16.4. The van der Waals surface area contributed by atoms with E-state index >= 15 is 0 Å². The number of amides is 1. The first-order valence-corrected chi connectivity index (χ1v) is 6.03. The minimum atomic E-state index is -1.77. The Kier molecular flexibility index (Phi) is 2.80. The van der Waals surface area contributed by atoms with Gasteiger partial charge in [0.05, 0.1) is 6.26 Å². The summed E-state index contributed by atoms with van der Waals surface area (Å²) in [5.74, 6) is -0.246. The first-order chi connectivity index (χ1) is 9.65. The zero-order valence-corrected chi connectivity index (χ0v) is 10.4. The molecule has 0 spiro atoms. The van der Waals surface area contributed by atoms with Crippen molar-refractivity contribution < 1.29 is 19.5 Å². The summed E-state index contributed by atoms with van der Waals surface area (Å²) in [6.45, 7) is 0. The summed E-state index contributed by atoms with van der Waals surface area (Å²) < 4.78 is 5.13. The molecule has 0 fully saturated rings. The average Bonchev–Trinajstić information content (AvgIpc) is 3.06. The third kappa shape index (κ3) is 1.78. The summed E-state index contributed by atoms with van der Waals surface area (Å²) in [6, 6.07) is 10.1. The SMILES string of the molecule is O=C1Nc2ccccc2[C@@]1(O)C/C(=N\O)c1ccco1. The van der Waals surface area contributed by atoms with Crippen LogP contribution in [0, 0.1) is 0 Å². The number of hydrogen-bond acceptors (Lipinski definition) is 5. The number of fused-ring (bicyclic) bond motifs is 1. The topological polar surface area (TPSA) is 95.1 Å². The molecular formula is C14H12N2O4. The van der Waals surface area contributed by atoms with E-state index in [-0.39, 0.29) is 12.1 Å². The van der Waals surface area contributed by atoms with Crippen molar-refractivity contribution in [1.29, 1.82) is 0 Å². The van der Waals surface area contributed by atoms with Gasteiger partial charge in [0.2, 0.25) is 0 Å². The number of oxime groups is 1. The molecule has 1 atom stereocenters. The van der Waals surface area contributed by atoms with Gasteiger partial charge in [-0.15, -0.1) is 0 Å². The van der Waals surface area contributed by atoms with Crippen molar-refractivity contribution in [2.24, 2.45) is 5.16 Å². The van der Waals surface area contributed by atoms with Crippen LogP contribution in [0.5, 0.6) is 0 Å². The van der Waals surface area contributed by atoms with Gasteiger partial charge in [-0.3, -0.25) is 4.79 Å². The number of aliphatic hydroxyl groups is 1. The fourth-order valence-corrected chi connectivity index (χ4v) is 2.33. The van der Waals surface area contributed by atoms with Crippen molar-refractivity contribution in [1.82, 2.24) is 0 Å². The van der Waals surface area contributed by atoms with Crippen molar-refractivity contribution in [3.05, 3.63) is 54.0 Å². The molecule has 2 aromatic rings. The van der Waals surface area contributed by atoms with Gasteiger partial charge in [0.15, 0.2) is 11.4 Å². The quantitative estimate of drug-likeness (QED) is 0.450. The number of anilines is 1. The van der Waals surface area contributed by atoms with E-state index in [0.717, 1.165) is 0 Å². The van der Waals surface area contributed by atoms with Crippen molar-refractivity contribution in [3.63, 3.8) is 0 Å². The van der Waals surface area contributed by atoms with E-state index in [1.54, 1.807) is 36.4 Å². The highest BCUT2D eigenvalue weighted by Gasteiger charge is 2.46. The number of nitrogens with zero attached hydrogens (tertiary/aromatic N) is 1. The Labute approximate surface area is 114 Å². The maximum absolute atomic E-state index is 12.0. The normalized spacial score (nSPS) is 21.6. The van der Waals surface area contributed by atoms with Crippen molar-refractivity contribution in [3.8, 4) is 0 Å². The van der Waals surface area contributed by atoms with Gasteiger partial charge < -0.3 is 20.0 Å². The zero-order chi connectivity index (χ0) is 14.2. The lowest BCUT2D eigenvalue weighted by Gasteiger charge is -2.20. The van der Waals surface area contributed by atoms with Crippen LogP contribution in [0.3, 0.4) is 0 Å². The summed E-state index contributed by atoms with van der Waals surface area (Å²) in [7, 11) is 0. The molecule has 0 saturated carbocycles. The van der Waals surface area contributed by atoms with Crippen LogP contribution >= 0.6 is 0 Å².